The third-order valence-electron chi connectivity index (χ3n) is 4.19. The molecule has 0 atom stereocenters. The predicted octanol–water partition coefficient (Wildman–Crippen LogP) is 5.02. The van der Waals surface area contributed by atoms with Crippen molar-refractivity contribution in [2.75, 3.05) is 32.1 Å². The van der Waals surface area contributed by atoms with Crippen molar-refractivity contribution in [3.05, 3.63) is 62.9 Å². The number of benzene rings is 2. The molecule has 30 heavy (non-hydrogen) atoms. The highest BCUT2D eigenvalue weighted by molar-refractivity contribution is 7.22. The average Bonchev–Trinajstić information content (AvgIpc) is 3.06. The minimum absolute atomic E-state index is 0. The van der Waals surface area contributed by atoms with Crippen molar-refractivity contribution in [2.24, 2.45) is 0 Å². The number of carbonyl (C=O) groups excluding carboxylic acids is 1. The number of aromatic nitrogens is 1. The maximum absolute atomic E-state index is 13.6. The number of hydrogen-bond acceptors (Lipinski definition) is 6. The number of nitro groups is 1. The van der Waals surface area contributed by atoms with Crippen LogP contribution in [-0.4, -0.2) is 47.9 Å². The Bertz CT molecular complexity index is 1080. The Morgan fingerprint density at radius 3 is 2.63 bits per heavy atom. The van der Waals surface area contributed by atoms with Crippen molar-refractivity contribution in [3.8, 4) is 0 Å². The van der Waals surface area contributed by atoms with Gasteiger partial charge in [0.2, 0.25) is 0 Å². The van der Waals surface area contributed by atoms with Gasteiger partial charge in [0, 0.05) is 17.6 Å². The van der Waals surface area contributed by atoms with Crippen LogP contribution >= 0.6 is 35.3 Å². The number of amides is 1. The summed E-state index contributed by atoms with van der Waals surface area (Å²) in [6, 6.07) is 8.05. The summed E-state index contributed by atoms with van der Waals surface area (Å²) in [4.78, 5) is 31.9. The summed E-state index contributed by atoms with van der Waals surface area (Å²) in [5, 5.41) is 12.0. The Hall–Kier alpha value is -2.33. The maximum atomic E-state index is 13.6. The summed E-state index contributed by atoms with van der Waals surface area (Å²) in [6.07, 6.45) is 0.622. The fraction of sp³-hybridized carbons (Fsp3) is 0.263. The van der Waals surface area contributed by atoms with Crippen LogP contribution in [0.2, 0.25) is 5.02 Å². The molecule has 0 saturated heterocycles. The van der Waals surface area contributed by atoms with Gasteiger partial charge in [-0.1, -0.05) is 22.9 Å². The highest BCUT2D eigenvalue weighted by Crippen LogP contribution is 2.32. The Morgan fingerprint density at radius 2 is 1.97 bits per heavy atom. The average molecular weight is 473 g/mol. The van der Waals surface area contributed by atoms with Crippen LogP contribution in [0.1, 0.15) is 16.8 Å². The lowest BCUT2D eigenvalue weighted by Crippen LogP contribution is -2.33. The Kier molecular flexibility index (Phi) is 8.08. The number of carbonyl (C=O) groups is 1. The van der Waals surface area contributed by atoms with Crippen molar-refractivity contribution in [1.29, 1.82) is 0 Å². The molecule has 3 aromatic rings. The van der Waals surface area contributed by atoms with E-state index < -0.39 is 16.6 Å². The van der Waals surface area contributed by atoms with E-state index in [2.05, 4.69) is 4.98 Å². The number of halogens is 3. The summed E-state index contributed by atoms with van der Waals surface area (Å²) >= 11 is 7.15. The topological polar surface area (TPSA) is 79.6 Å². The van der Waals surface area contributed by atoms with E-state index >= 15 is 0 Å². The molecule has 1 heterocycles. The lowest BCUT2D eigenvalue weighted by atomic mass is 10.1. The van der Waals surface area contributed by atoms with Crippen molar-refractivity contribution >= 4 is 62.3 Å². The van der Waals surface area contributed by atoms with E-state index in [9.17, 15) is 19.3 Å². The van der Waals surface area contributed by atoms with Gasteiger partial charge in [-0.3, -0.25) is 19.8 Å². The van der Waals surface area contributed by atoms with Crippen molar-refractivity contribution in [3.63, 3.8) is 0 Å². The van der Waals surface area contributed by atoms with E-state index in [1.54, 1.807) is 0 Å². The molecule has 1 aromatic heterocycles. The first-order valence-corrected chi connectivity index (χ1v) is 9.92. The summed E-state index contributed by atoms with van der Waals surface area (Å²) in [7, 11) is 3.82. The molecule has 0 spiro atoms. The minimum Gasteiger partial charge on any atom is -0.309 e. The molecule has 0 saturated carbocycles. The van der Waals surface area contributed by atoms with Crippen molar-refractivity contribution in [1.82, 2.24) is 9.88 Å². The number of rotatable bonds is 7. The van der Waals surface area contributed by atoms with Crippen molar-refractivity contribution in [2.45, 2.75) is 6.42 Å². The molecule has 3 rings (SSSR count). The molecular weight excluding hydrogens is 454 g/mol. The van der Waals surface area contributed by atoms with Crippen LogP contribution in [0, 0.1) is 15.9 Å². The molecule has 0 aliphatic rings. The Labute approximate surface area is 187 Å². The second-order valence-electron chi connectivity index (χ2n) is 6.64. The molecule has 0 radical (unpaired) electrons. The van der Waals surface area contributed by atoms with Gasteiger partial charge in [-0.05, 0) is 57.4 Å². The van der Waals surface area contributed by atoms with Gasteiger partial charge in [0.15, 0.2) is 5.13 Å². The van der Waals surface area contributed by atoms with Crippen LogP contribution in [0.25, 0.3) is 10.2 Å². The minimum atomic E-state index is -0.616. The fourth-order valence-corrected chi connectivity index (χ4v) is 4.00. The third kappa shape index (κ3) is 5.42. The number of hydrogen-bond donors (Lipinski definition) is 0. The van der Waals surface area contributed by atoms with E-state index in [1.807, 2.05) is 19.0 Å². The molecule has 11 heteroatoms. The Balaban J connectivity index is 0.00000320. The second-order valence-corrected chi connectivity index (χ2v) is 8.09. The summed E-state index contributed by atoms with van der Waals surface area (Å²) < 4.78 is 14.1. The molecular formula is C19H19Cl2FN4O3S. The predicted molar refractivity (Wildman–Crippen MR) is 120 cm³/mol. The SMILES string of the molecule is CN(C)CCCN(C(=O)c1cc(Cl)ccc1[N+](=O)[O-])c1nc2ccc(F)cc2s1.Cl. The lowest BCUT2D eigenvalue weighted by Gasteiger charge is -2.21. The van der Waals surface area contributed by atoms with E-state index in [0.717, 1.165) is 11.3 Å². The first-order chi connectivity index (χ1) is 13.8. The van der Waals surface area contributed by atoms with Crippen LogP contribution in [0.5, 0.6) is 0 Å². The van der Waals surface area contributed by atoms with E-state index in [-0.39, 0.29) is 28.7 Å². The summed E-state index contributed by atoms with van der Waals surface area (Å²) in [5.74, 6) is -0.971. The number of thiazole rings is 1. The van der Waals surface area contributed by atoms with Gasteiger partial charge < -0.3 is 4.90 Å². The highest BCUT2D eigenvalue weighted by atomic mass is 35.5. The largest absolute Gasteiger partial charge is 0.309 e. The zero-order chi connectivity index (χ0) is 21.1. The first-order valence-electron chi connectivity index (χ1n) is 8.73. The number of fused-ring (bicyclic) bond motifs is 1. The van der Waals surface area contributed by atoms with Crippen LogP contribution in [0.3, 0.4) is 0 Å². The van der Waals surface area contributed by atoms with Crippen LogP contribution in [0.15, 0.2) is 36.4 Å². The quantitative estimate of drug-likeness (QED) is 0.356. The molecule has 2 aromatic carbocycles. The smallest absolute Gasteiger partial charge is 0.282 e. The monoisotopic (exact) mass is 472 g/mol. The molecule has 0 N–H and O–H groups in total. The van der Waals surface area contributed by atoms with Gasteiger partial charge >= 0.3 is 0 Å². The molecule has 0 aliphatic heterocycles. The summed E-state index contributed by atoms with van der Waals surface area (Å²) in [6.45, 7) is 1.00. The normalized spacial score (nSPS) is 10.8. The van der Waals surface area contributed by atoms with Gasteiger partial charge in [0.25, 0.3) is 11.6 Å². The van der Waals surface area contributed by atoms with Gasteiger partial charge in [0.05, 0.1) is 15.1 Å². The number of nitro benzene ring substituents is 1. The van der Waals surface area contributed by atoms with E-state index in [0.29, 0.717) is 34.9 Å². The third-order valence-corrected chi connectivity index (χ3v) is 5.46. The van der Waals surface area contributed by atoms with E-state index in [4.69, 9.17) is 11.6 Å². The Morgan fingerprint density at radius 1 is 1.23 bits per heavy atom. The standard InChI is InChI=1S/C19H18ClFN4O3S.ClH/c1-23(2)8-3-9-24(19-22-15-6-5-13(21)11-17(15)29-19)18(26)14-10-12(20)4-7-16(14)25(27)28;/h4-7,10-11H,3,8-9H2,1-2H3;1H. The lowest BCUT2D eigenvalue weighted by molar-refractivity contribution is -0.385. The first kappa shape index (κ1) is 23.9. The van der Waals surface area contributed by atoms with Gasteiger partial charge in [-0.2, -0.15) is 0 Å². The second kappa shape index (κ2) is 10.1. The molecule has 160 valence electrons. The van der Waals surface area contributed by atoms with Gasteiger partial charge in [-0.15, -0.1) is 12.4 Å². The van der Waals surface area contributed by atoms with Crippen LogP contribution in [0.4, 0.5) is 15.2 Å². The molecule has 1 amide bonds. The summed E-state index contributed by atoms with van der Waals surface area (Å²) in [5.41, 5.74) is 0.111. The highest BCUT2D eigenvalue weighted by Gasteiger charge is 2.28. The zero-order valence-corrected chi connectivity index (χ0v) is 18.6. The fourth-order valence-electron chi connectivity index (χ4n) is 2.82. The van der Waals surface area contributed by atoms with Crippen LogP contribution in [-0.2, 0) is 0 Å². The van der Waals surface area contributed by atoms with E-state index in [1.165, 1.54) is 41.3 Å². The molecule has 0 unspecified atom stereocenters. The number of anilines is 1. The van der Waals surface area contributed by atoms with Crippen LogP contribution < -0.4 is 4.90 Å². The van der Waals surface area contributed by atoms with Crippen molar-refractivity contribution < 1.29 is 14.1 Å². The molecule has 0 aliphatic carbocycles. The number of nitrogens with zero attached hydrogens (tertiary/aromatic N) is 4. The molecule has 0 fully saturated rings. The zero-order valence-electron chi connectivity index (χ0n) is 16.2. The van der Waals surface area contributed by atoms with Gasteiger partial charge in [0.1, 0.15) is 11.4 Å². The maximum Gasteiger partial charge on any atom is 0.282 e. The van der Waals surface area contributed by atoms with Gasteiger partial charge in [-0.25, -0.2) is 9.37 Å². The molecule has 7 nitrogen and oxygen atoms in total. The molecule has 0 bridgehead atoms.